The Kier molecular flexibility index (Phi) is 5.77. The van der Waals surface area contributed by atoms with Crippen molar-refractivity contribution in [2.75, 3.05) is 18.5 Å². The summed E-state index contributed by atoms with van der Waals surface area (Å²) in [6, 6.07) is 18.8. The Morgan fingerprint density at radius 2 is 1.81 bits per heavy atom. The summed E-state index contributed by atoms with van der Waals surface area (Å²) in [4.78, 5) is 13.9. The minimum absolute atomic E-state index is 0.0995. The van der Waals surface area contributed by atoms with Crippen LogP contribution in [-0.2, 0) is 6.54 Å². The predicted molar refractivity (Wildman–Crippen MR) is 101 cm³/mol. The molecule has 0 atom stereocenters. The van der Waals surface area contributed by atoms with Gasteiger partial charge in [-0.05, 0) is 34.3 Å². The number of aliphatic hydroxyl groups is 1. The third-order valence-electron chi connectivity index (χ3n) is 3.77. The van der Waals surface area contributed by atoms with E-state index in [9.17, 15) is 9.90 Å². The van der Waals surface area contributed by atoms with Crippen molar-refractivity contribution in [2.45, 2.75) is 6.54 Å². The van der Waals surface area contributed by atoms with E-state index >= 15 is 0 Å². The third kappa shape index (κ3) is 4.16. The molecule has 26 heavy (non-hydrogen) atoms. The first-order valence-corrected chi connectivity index (χ1v) is 8.49. The Labute approximate surface area is 155 Å². The van der Waals surface area contributed by atoms with Gasteiger partial charge >= 0.3 is 11.3 Å². The molecular formula is C18H19N4O3S+. The molecular weight excluding hydrogens is 352 g/mol. The van der Waals surface area contributed by atoms with Crippen molar-refractivity contribution in [3.63, 3.8) is 0 Å². The molecule has 0 aliphatic rings. The highest BCUT2D eigenvalue weighted by atomic mass is 32.1. The molecule has 7 nitrogen and oxygen atoms in total. The van der Waals surface area contributed by atoms with Gasteiger partial charge in [0, 0.05) is 24.4 Å². The van der Waals surface area contributed by atoms with E-state index in [0.29, 0.717) is 10.8 Å². The van der Waals surface area contributed by atoms with E-state index in [1.54, 1.807) is 9.58 Å². The third-order valence-corrected chi connectivity index (χ3v) is 4.13. The average Bonchev–Trinajstić information content (AvgIpc) is 3.03. The van der Waals surface area contributed by atoms with Crippen LogP contribution < -0.4 is 15.6 Å². The van der Waals surface area contributed by atoms with Gasteiger partial charge in [-0.3, -0.25) is 4.52 Å². The maximum absolute atomic E-state index is 12.2. The van der Waals surface area contributed by atoms with Crippen LogP contribution in [0, 0.1) is 0 Å². The Morgan fingerprint density at radius 1 is 1.15 bits per heavy atom. The molecule has 8 heteroatoms. The van der Waals surface area contributed by atoms with E-state index in [1.807, 2.05) is 60.7 Å². The first kappa shape index (κ1) is 17.8. The smallest absolute Gasteiger partial charge is 0.395 e. The summed E-state index contributed by atoms with van der Waals surface area (Å²) < 4.78 is 6.52. The number of benzene rings is 2. The highest BCUT2D eigenvalue weighted by Crippen LogP contribution is 2.08. The van der Waals surface area contributed by atoms with Gasteiger partial charge < -0.3 is 15.3 Å². The Bertz CT molecular complexity index is 909. The molecule has 134 valence electrons. The van der Waals surface area contributed by atoms with Crippen molar-refractivity contribution in [3.8, 4) is 5.69 Å². The van der Waals surface area contributed by atoms with Crippen molar-refractivity contribution in [1.82, 2.24) is 10.2 Å². The second-order valence-corrected chi connectivity index (χ2v) is 5.93. The molecule has 0 unspecified atom stereocenters. The SMILES string of the molecule is O=c1o[nH][n+](-c2ccccc2)c1CN(CCO)C(=S)Nc1ccccc1. The zero-order valence-corrected chi connectivity index (χ0v) is 14.8. The monoisotopic (exact) mass is 371 g/mol. The number of hydrogen-bond donors (Lipinski definition) is 3. The normalized spacial score (nSPS) is 10.5. The molecule has 0 radical (unpaired) electrons. The molecule has 0 bridgehead atoms. The first-order valence-electron chi connectivity index (χ1n) is 8.08. The predicted octanol–water partition coefficient (Wildman–Crippen LogP) is 1.44. The van der Waals surface area contributed by atoms with Gasteiger partial charge in [-0.1, -0.05) is 36.4 Å². The van der Waals surface area contributed by atoms with E-state index < -0.39 is 5.63 Å². The fourth-order valence-corrected chi connectivity index (χ4v) is 2.76. The highest BCUT2D eigenvalue weighted by Gasteiger charge is 2.26. The van der Waals surface area contributed by atoms with Crippen molar-refractivity contribution in [3.05, 3.63) is 76.8 Å². The summed E-state index contributed by atoms with van der Waals surface area (Å²) in [5, 5.41) is 15.5. The van der Waals surface area contributed by atoms with Crippen LogP contribution >= 0.6 is 12.2 Å². The number of nitrogens with one attached hydrogen (secondary N) is 2. The van der Waals surface area contributed by atoms with Crippen LogP contribution in [0.5, 0.6) is 0 Å². The summed E-state index contributed by atoms with van der Waals surface area (Å²) >= 11 is 5.45. The molecule has 0 fully saturated rings. The summed E-state index contributed by atoms with van der Waals surface area (Å²) in [5.41, 5.74) is 1.48. The molecule has 3 rings (SSSR count). The molecule has 2 aromatic carbocycles. The second-order valence-electron chi connectivity index (χ2n) is 5.54. The first-order chi connectivity index (χ1) is 12.7. The molecule has 0 aliphatic carbocycles. The number of nitrogens with zero attached hydrogens (tertiary/aromatic N) is 2. The minimum atomic E-state index is -0.487. The number of H-pyrrole nitrogens is 1. The van der Waals surface area contributed by atoms with Crippen molar-refractivity contribution >= 4 is 23.0 Å². The van der Waals surface area contributed by atoms with E-state index in [2.05, 4.69) is 10.6 Å². The lowest BCUT2D eigenvalue weighted by atomic mass is 10.3. The fourth-order valence-electron chi connectivity index (χ4n) is 2.49. The standard InChI is InChI=1S/C18H18N4O3S/c23-12-11-21(18(26)19-14-7-3-1-4-8-14)13-16-17(24)25-20-22(16)15-9-5-2-6-10-15/h1-10,23H,11-13H2,(H-,19,20,24,26)/p+1. The Balaban J connectivity index is 1.84. The molecule has 1 heterocycles. The molecule has 3 aromatic rings. The van der Waals surface area contributed by atoms with Gasteiger partial charge in [0.1, 0.15) is 6.54 Å². The Morgan fingerprint density at radius 3 is 2.46 bits per heavy atom. The van der Waals surface area contributed by atoms with Crippen LogP contribution in [0.15, 0.2) is 70.0 Å². The van der Waals surface area contributed by atoms with Gasteiger partial charge in [0.05, 0.1) is 6.61 Å². The summed E-state index contributed by atoms with van der Waals surface area (Å²) in [7, 11) is 0. The largest absolute Gasteiger partial charge is 0.432 e. The summed E-state index contributed by atoms with van der Waals surface area (Å²) in [6.07, 6.45) is 0. The lowest BCUT2D eigenvalue weighted by molar-refractivity contribution is -0.678. The lowest BCUT2D eigenvalue weighted by Crippen LogP contribution is -2.44. The molecule has 0 amide bonds. The number of para-hydroxylation sites is 2. The number of hydrogen-bond acceptors (Lipinski definition) is 4. The van der Waals surface area contributed by atoms with Crippen LogP contribution in [0.25, 0.3) is 5.69 Å². The number of aromatic nitrogens is 2. The molecule has 3 N–H and O–H groups in total. The minimum Gasteiger partial charge on any atom is -0.395 e. The second kappa shape index (κ2) is 8.41. The van der Waals surface area contributed by atoms with Crippen LogP contribution in [0.4, 0.5) is 5.69 Å². The number of rotatable bonds is 6. The fraction of sp³-hybridized carbons (Fsp3) is 0.167. The van der Waals surface area contributed by atoms with Crippen molar-refractivity contribution in [2.24, 2.45) is 0 Å². The molecule has 0 saturated heterocycles. The zero-order chi connectivity index (χ0) is 18.4. The Hall–Kier alpha value is -2.97. The van der Waals surface area contributed by atoms with Gasteiger partial charge in [0.25, 0.3) is 0 Å². The van der Waals surface area contributed by atoms with E-state index in [1.165, 1.54) is 0 Å². The molecule has 0 spiro atoms. The topological polar surface area (TPSA) is 85.4 Å². The number of anilines is 1. The number of aromatic amines is 1. The lowest BCUT2D eigenvalue weighted by Gasteiger charge is -2.22. The molecule has 1 aromatic heterocycles. The molecule has 0 saturated carbocycles. The summed E-state index contributed by atoms with van der Waals surface area (Å²) in [5.74, 6) is 0. The quantitative estimate of drug-likeness (QED) is 0.449. The van der Waals surface area contributed by atoms with E-state index in [0.717, 1.165) is 11.4 Å². The average molecular weight is 371 g/mol. The maximum Gasteiger partial charge on any atom is 0.432 e. The number of thiocarbonyl (C=S) groups is 1. The van der Waals surface area contributed by atoms with Gasteiger partial charge in [-0.15, -0.1) is 0 Å². The number of aliphatic hydroxyl groups excluding tert-OH is 1. The van der Waals surface area contributed by atoms with E-state index in [-0.39, 0.29) is 19.7 Å². The van der Waals surface area contributed by atoms with E-state index in [4.69, 9.17) is 16.7 Å². The summed E-state index contributed by atoms with van der Waals surface area (Å²) in [6.45, 7) is 0.357. The highest BCUT2D eigenvalue weighted by molar-refractivity contribution is 7.80. The van der Waals surface area contributed by atoms with Gasteiger partial charge in [-0.2, -0.15) is 0 Å². The van der Waals surface area contributed by atoms with Crippen molar-refractivity contribution in [1.29, 1.82) is 0 Å². The van der Waals surface area contributed by atoms with Crippen LogP contribution in [0.2, 0.25) is 0 Å². The van der Waals surface area contributed by atoms with Crippen LogP contribution in [0.3, 0.4) is 0 Å². The van der Waals surface area contributed by atoms with Gasteiger partial charge in [-0.25, -0.2) is 4.79 Å². The van der Waals surface area contributed by atoms with Crippen LogP contribution in [-0.4, -0.2) is 33.5 Å². The van der Waals surface area contributed by atoms with Gasteiger partial charge in [0.2, 0.25) is 5.69 Å². The van der Waals surface area contributed by atoms with Gasteiger partial charge in [0.15, 0.2) is 5.11 Å². The van der Waals surface area contributed by atoms with Crippen LogP contribution in [0.1, 0.15) is 5.69 Å². The maximum atomic E-state index is 12.2. The van der Waals surface area contributed by atoms with Crippen molar-refractivity contribution < 1.29 is 14.3 Å². The zero-order valence-electron chi connectivity index (χ0n) is 14.0. The molecule has 0 aliphatic heterocycles.